The fraction of sp³-hybridized carbons (Fsp3) is 0.462. The first kappa shape index (κ1) is 15.6. The van der Waals surface area contributed by atoms with Gasteiger partial charge in [-0.25, -0.2) is 0 Å². The van der Waals surface area contributed by atoms with Crippen molar-refractivity contribution in [2.24, 2.45) is 5.73 Å². The molecule has 1 aliphatic heterocycles. The van der Waals surface area contributed by atoms with Crippen molar-refractivity contribution in [2.75, 3.05) is 31.6 Å². The minimum Gasteiger partial charge on any atom is -0.382 e. The van der Waals surface area contributed by atoms with Crippen LogP contribution < -0.4 is 16.4 Å². The van der Waals surface area contributed by atoms with Gasteiger partial charge in [0.25, 0.3) is 5.91 Å². The molecule has 1 amide bonds. The van der Waals surface area contributed by atoms with E-state index in [1.165, 1.54) is 6.07 Å². The predicted molar refractivity (Wildman–Crippen MR) is 71.1 cm³/mol. The monoisotopic (exact) mass is 303 g/mol. The number of rotatable bonds is 4. The van der Waals surface area contributed by atoms with Crippen molar-refractivity contribution in [3.05, 3.63) is 29.3 Å². The average molecular weight is 303 g/mol. The Balaban J connectivity index is 2.12. The molecule has 116 valence electrons. The molecule has 1 atom stereocenters. The molecule has 0 aliphatic carbocycles. The maximum Gasteiger partial charge on any atom is 0.416 e. The van der Waals surface area contributed by atoms with Crippen molar-refractivity contribution in [2.45, 2.75) is 12.3 Å². The highest BCUT2D eigenvalue weighted by Crippen LogP contribution is 2.31. The lowest BCUT2D eigenvalue weighted by Gasteiger charge is -2.24. The molecule has 0 aromatic heterocycles. The van der Waals surface area contributed by atoms with Gasteiger partial charge in [-0.3, -0.25) is 4.79 Å². The fourth-order valence-corrected chi connectivity index (χ4v) is 2.05. The molecule has 21 heavy (non-hydrogen) atoms. The molecule has 0 radical (unpaired) electrons. The minimum atomic E-state index is -4.51. The molecule has 5 nitrogen and oxygen atoms in total. The number of nitrogens with two attached hydrogens (primary N) is 1. The number of carbonyl (C=O) groups excluding carboxylic acids is 1. The van der Waals surface area contributed by atoms with Crippen LogP contribution in [0.4, 0.5) is 18.9 Å². The lowest BCUT2D eigenvalue weighted by atomic mass is 10.1. The zero-order valence-electron chi connectivity index (χ0n) is 11.2. The fourth-order valence-electron chi connectivity index (χ4n) is 2.05. The van der Waals surface area contributed by atoms with E-state index in [0.717, 1.165) is 18.7 Å². The van der Waals surface area contributed by atoms with E-state index in [1.54, 1.807) is 0 Å². The molecule has 1 aliphatic rings. The van der Waals surface area contributed by atoms with Crippen LogP contribution in [0.5, 0.6) is 0 Å². The van der Waals surface area contributed by atoms with Crippen LogP contribution in [0, 0.1) is 0 Å². The van der Waals surface area contributed by atoms with Crippen LogP contribution in [-0.2, 0) is 10.9 Å². The molecular formula is C13H16F3N3O2. The zero-order valence-corrected chi connectivity index (χ0v) is 11.2. The summed E-state index contributed by atoms with van der Waals surface area (Å²) in [6.07, 6.45) is -4.62. The lowest BCUT2D eigenvalue weighted by Crippen LogP contribution is -2.42. The van der Waals surface area contributed by atoms with Crippen LogP contribution in [0.1, 0.15) is 15.9 Å². The Kier molecular flexibility index (Phi) is 4.69. The van der Waals surface area contributed by atoms with Gasteiger partial charge in [-0.2, -0.15) is 13.2 Å². The Bertz CT molecular complexity index is 514. The third kappa shape index (κ3) is 4.08. The standard InChI is InChI=1S/C13H16F3N3O2/c14-13(15,16)8-1-2-11(10(5-8)12(17)20)19-7-9-6-18-3-4-21-9/h1-2,5,9,18-19H,3-4,6-7H2,(H2,17,20). The van der Waals surface area contributed by atoms with E-state index in [2.05, 4.69) is 10.6 Å². The predicted octanol–water partition coefficient (Wildman–Crippen LogP) is 1.20. The molecule has 1 saturated heterocycles. The summed E-state index contributed by atoms with van der Waals surface area (Å²) >= 11 is 0. The van der Waals surface area contributed by atoms with Gasteiger partial charge in [0.1, 0.15) is 0 Å². The van der Waals surface area contributed by atoms with Gasteiger partial charge in [0.15, 0.2) is 0 Å². The first-order valence-corrected chi connectivity index (χ1v) is 6.45. The van der Waals surface area contributed by atoms with Crippen LogP contribution >= 0.6 is 0 Å². The number of anilines is 1. The van der Waals surface area contributed by atoms with E-state index in [0.29, 0.717) is 19.7 Å². The molecule has 0 saturated carbocycles. The first-order valence-electron chi connectivity index (χ1n) is 6.45. The topological polar surface area (TPSA) is 76.4 Å². The summed E-state index contributed by atoms with van der Waals surface area (Å²) in [5.74, 6) is -0.911. The second kappa shape index (κ2) is 6.31. The van der Waals surface area contributed by atoms with Crippen molar-refractivity contribution in [1.29, 1.82) is 0 Å². The summed E-state index contributed by atoms with van der Waals surface area (Å²) in [6, 6.07) is 2.87. The zero-order chi connectivity index (χ0) is 15.5. The molecule has 2 rings (SSSR count). The van der Waals surface area contributed by atoms with Crippen molar-refractivity contribution in [1.82, 2.24) is 5.32 Å². The summed E-state index contributed by atoms with van der Waals surface area (Å²) in [7, 11) is 0. The van der Waals surface area contributed by atoms with Gasteiger partial charge in [-0.15, -0.1) is 0 Å². The van der Waals surface area contributed by atoms with Crippen LogP contribution in [-0.4, -0.2) is 38.3 Å². The summed E-state index contributed by atoms with van der Waals surface area (Å²) < 4.78 is 43.4. The summed E-state index contributed by atoms with van der Waals surface area (Å²) in [5.41, 5.74) is 4.32. The molecule has 0 spiro atoms. The Morgan fingerprint density at radius 2 is 2.24 bits per heavy atom. The molecule has 8 heteroatoms. The van der Waals surface area contributed by atoms with Gasteiger partial charge in [-0.1, -0.05) is 0 Å². The van der Waals surface area contributed by atoms with Crippen molar-refractivity contribution < 1.29 is 22.7 Å². The number of primary amides is 1. The number of ether oxygens (including phenoxy) is 1. The van der Waals surface area contributed by atoms with Crippen molar-refractivity contribution in [3.63, 3.8) is 0 Å². The number of hydrogen-bond donors (Lipinski definition) is 3. The third-order valence-electron chi connectivity index (χ3n) is 3.14. The molecular weight excluding hydrogens is 287 g/mol. The Morgan fingerprint density at radius 3 is 2.81 bits per heavy atom. The van der Waals surface area contributed by atoms with E-state index >= 15 is 0 Å². The summed E-state index contributed by atoms with van der Waals surface area (Å²) in [4.78, 5) is 11.3. The van der Waals surface area contributed by atoms with Crippen LogP contribution in [0.25, 0.3) is 0 Å². The number of carbonyl (C=O) groups is 1. The first-order chi connectivity index (χ1) is 9.88. The quantitative estimate of drug-likeness (QED) is 0.781. The number of benzene rings is 1. The largest absolute Gasteiger partial charge is 0.416 e. The second-order valence-corrected chi connectivity index (χ2v) is 4.70. The van der Waals surface area contributed by atoms with E-state index in [4.69, 9.17) is 10.5 Å². The van der Waals surface area contributed by atoms with Gasteiger partial charge in [0, 0.05) is 25.3 Å². The number of nitrogens with one attached hydrogen (secondary N) is 2. The smallest absolute Gasteiger partial charge is 0.382 e. The van der Waals surface area contributed by atoms with E-state index < -0.39 is 17.6 Å². The molecule has 1 fully saturated rings. The maximum atomic E-state index is 12.6. The second-order valence-electron chi connectivity index (χ2n) is 4.70. The molecule has 0 bridgehead atoms. The van der Waals surface area contributed by atoms with Gasteiger partial charge < -0.3 is 21.1 Å². The number of morpholine rings is 1. The molecule has 1 unspecified atom stereocenters. The van der Waals surface area contributed by atoms with E-state index in [-0.39, 0.29) is 17.4 Å². The summed E-state index contributed by atoms with van der Waals surface area (Å²) in [5, 5.41) is 6.04. The molecule has 4 N–H and O–H groups in total. The highest BCUT2D eigenvalue weighted by atomic mass is 19.4. The minimum absolute atomic E-state index is 0.109. The van der Waals surface area contributed by atoms with Crippen molar-refractivity contribution in [3.8, 4) is 0 Å². The average Bonchev–Trinajstić information content (AvgIpc) is 2.45. The van der Waals surface area contributed by atoms with E-state index in [9.17, 15) is 18.0 Å². The summed E-state index contributed by atoms with van der Waals surface area (Å²) in [6.45, 7) is 2.35. The Morgan fingerprint density at radius 1 is 1.48 bits per heavy atom. The van der Waals surface area contributed by atoms with E-state index in [1.807, 2.05) is 0 Å². The van der Waals surface area contributed by atoms with Gasteiger partial charge in [0.05, 0.1) is 23.8 Å². The Labute approximate surface area is 119 Å². The highest BCUT2D eigenvalue weighted by Gasteiger charge is 2.31. The highest BCUT2D eigenvalue weighted by molar-refractivity contribution is 5.98. The number of halogens is 3. The van der Waals surface area contributed by atoms with Crippen LogP contribution in [0.15, 0.2) is 18.2 Å². The third-order valence-corrected chi connectivity index (χ3v) is 3.14. The Hall–Kier alpha value is -1.80. The van der Waals surface area contributed by atoms with Gasteiger partial charge in [0.2, 0.25) is 0 Å². The number of alkyl halides is 3. The normalized spacial score (nSPS) is 19.3. The SMILES string of the molecule is NC(=O)c1cc(C(F)(F)F)ccc1NCC1CNCCO1. The van der Waals surface area contributed by atoms with Gasteiger partial charge in [-0.05, 0) is 18.2 Å². The van der Waals surface area contributed by atoms with Crippen LogP contribution in [0.3, 0.4) is 0 Å². The molecule has 1 aromatic carbocycles. The number of hydrogen-bond acceptors (Lipinski definition) is 4. The lowest BCUT2D eigenvalue weighted by molar-refractivity contribution is -0.137. The van der Waals surface area contributed by atoms with Crippen molar-refractivity contribution >= 4 is 11.6 Å². The van der Waals surface area contributed by atoms with Crippen LogP contribution in [0.2, 0.25) is 0 Å². The number of amides is 1. The molecule has 1 heterocycles. The van der Waals surface area contributed by atoms with Gasteiger partial charge >= 0.3 is 6.18 Å². The molecule has 1 aromatic rings. The maximum absolute atomic E-state index is 12.6.